The Bertz CT molecular complexity index is 955. The third-order valence-corrected chi connectivity index (χ3v) is 4.52. The molecule has 28 heavy (non-hydrogen) atoms. The predicted molar refractivity (Wildman–Crippen MR) is 104 cm³/mol. The normalized spacial score (nSPS) is 10.4. The number of benzene rings is 2. The van der Waals surface area contributed by atoms with Gasteiger partial charge in [-0.25, -0.2) is 9.37 Å². The second-order valence-corrected chi connectivity index (χ2v) is 6.64. The van der Waals surface area contributed by atoms with E-state index in [2.05, 4.69) is 10.3 Å². The van der Waals surface area contributed by atoms with Crippen molar-refractivity contribution < 1.29 is 23.5 Å². The minimum atomic E-state index is -0.570. The van der Waals surface area contributed by atoms with E-state index in [4.69, 9.17) is 9.47 Å². The Hall–Kier alpha value is -3.26. The number of esters is 1. The van der Waals surface area contributed by atoms with Gasteiger partial charge in [-0.3, -0.25) is 14.9 Å². The van der Waals surface area contributed by atoms with Crippen LogP contribution in [0.3, 0.4) is 0 Å². The van der Waals surface area contributed by atoms with Crippen LogP contribution in [0.1, 0.15) is 5.56 Å². The molecule has 3 rings (SSSR count). The van der Waals surface area contributed by atoms with Gasteiger partial charge in [0.1, 0.15) is 11.6 Å². The average molecular weight is 400 g/mol. The van der Waals surface area contributed by atoms with Crippen LogP contribution < -0.4 is 10.1 Å². The molecule has 144 valence electrons. The smallest absolute Gasteiger partial charge is 0.310 e. The van der Waals surface area contributed by atoms with Gasteiger partial charge in [0.15, 0.2) is 11.7 Å². The van der Waals surface area contributed by atoms with Crippen molar-refractivity contribution >= 4 is 28.3 Å². The van der Waals surface area contributed by atoms with Crippen LogP contribution in [0.25, 0.3) is 11.3 Å². The molecule has 1 heterocycles. The van der Waals surface area contributed by atoms with Gasteiger partial charge in [0.05, 0.1) is 19.2 Å². The van der Waals surface area contributed by atoms with E-state index in [0.29, 0.717) is 10.7 Å². The molecule has 0 fully saturated rings. The fourth-order valence-electron chi connectivity index (χ4n) is 2.35. The van der Waals surface area contributed by atoms with Crippen molar-refractivity contribution in [3.8, 4) is 17.0 Å². The summed E-state index contributed by atoms with van der Waals surface area (Å²) in [6.07, 6.45) is -0.0353. The van der Waals surface area contributed by atoms with E-state index in [1.165, 1.54) is 35.6 Å². The Morgan fingerprint density at radius 3 is 2.50 bits per heavy atom. The van der Waals surface area contributed by atoms with Crippen LogP contribution in [0.2, 0.25) is 0 Å². The molecule has 0 unspecified atom stereocenters. The molecule has 8 heteroatoms. The predicted octanol–water partition coefficient (Wildman–Crippen LogP) is 3.68. The van der Waals surface area contributed by atoms with Crippen molar-refractivity contribution in [3.63, 3.8) is 0 Å². The third kappa shape index (κ3) is 5.37. The lowest BCUT2D eigenvalue weighted by Crippen LogP contribution is -2.21. The van der Waals surface area contributed by atoms with Gasteiger partial charge in [-0.05, 0) is 42.0 Å². The molecule has 0 aliphatic rings. The van der Waals surface area contributed by atoms with Crippen LogP contribution in [-0.4, -0.2) is 30.6 Å². The van der Waals surface area contributed by atoms with Gasteiger partial charge < -0.3 is 9.47 Å². The number of thiazole rings is 1. The summed E-state index contributed by atoms with van der Waals surface area (Å²) in [6, 6.07) is 12.9. The fourth-order valence-corrected chi connectivity index (χ4v) is 3.08. The van der Waals surface area contributed by atoms with Gasteiger partial charge in [-0.15, -0.1) is 11.3 Å². The Balaban J connectivity index is 1.48. The number of nitrogens with one attached hydrogen (secondary N) is 1. The van der Waals surface area contributed by atoms with E-state index >= 15 is 0 Å². The van der Waals surface area contributed by atoms with Gasteiger partial charge in [-0.1, -0.05) is 12.1 Å². The zero-order chi connectivity index (χ0) is 19.9. The summed E-state index contributed by atoms with van der Waals surface area (Å²) in [4.78, 5) is 28.1. The maximum absolute atomic E-state index is 12.8. The van der Waals surface area contributed by atoms with Gasteiger partial charge in [-0.2, -0.15) is 0 Å². The number of nitrogens with zero attached hydrogens (tertiary/aromatic N) is 1. The molecule has 0 atom stereocenters. The molecular weight excluding hydrogens is 383 g/mol. The zero-order valence-corrected chi connectivity index (χ0v) is 15.8. The molecule has 0 bridgehead atoms. The Morgan fingerprint density at radius 1 is 1.11 bits per heavy atom. The zero-order valence-electron chi connectivity index (χ0n) is 15.0. The van der Waals surface area contributed by atoms with Crippen molar-refractivity contribution in [2.75, 3.05) is 19.0 Å². The number of rotatable bonds is 7. The van der Waals surface area contributed by atoms with E-state index in [1.54, 1.807) is 7.11 Å². The van der Waals surface area contributed by atoms with Crippen molar-refractivity contribution in [1.82, 2.24) is 4.98 Å². The number of amides is 1. The van der Waals surface area contributed by atoms with Crippen LogP contribution in [0.5, 0.6) is 5.75 Å². The second-order valence-electron chi connectivity index (χ2n) is 5.78. The van der Waals surface area contributed by atoms with Crippen LogP contribution in [0, 0.1) is 5.82 Å². The summed E-state index contributed by atoms with van der Waals surface area (Å²) in [5.41, 5.74) is 2.22. The molecule has 3 aromatic rings. The summed E-state index contributed by atoms with van der Waals surface area (Å²) in [5, 5.41) is 4.82. The first-order chi connectivity index (χ1) is 13.5. The highest BCUT2D eigenvalue weighted by molar-refractivity contribution is 7.14. The second kappa shape index (κ2) is 9.09. The lowest BCUT2D eigenvalue weighted by molar-refractivity contribution is -0.146. The maximum Gasteiger partial charge on any atom is 0.310 e. The standard InChI is InChI=1S/C20H17FN2O4S/c1-26-16-8-4-14(5-9-16)17-12-28-20(22-17)23-18(24)11-27-19(25)10-13-2-6-15(21)7-3-13/h2-9,12H,10-11H2,1H3,(H,22,23,24). The molecule has 0 saturated heterocycles. The number of hydrogen-bond acceptors (Lipinski definition) is 6. The van der Waals surface area contributed by atoms with Crippen LogP contribution >= 0.6 is 11.3 Å². The van der Waals surface area contributed by atoms with Crippen molar-refractivity contribution in [3.05, 3.63) is 65.3 Å². The molecule has 1 aromatic heterocycles. The van der Waals surface area contributed by atoms with Gasteiger partial charge in [0.2, 0.25) is 0 Å². The first-order valence-corrected chi connectivity index (χ1v) is 9.21. The van der Waals surface area contributed by atoms with Gasteiger partial charge >= 0.3 is 5.97 Å². The minimum Gasteiger partial charge on any atom is -0.497 e. The molecule has 0 spiro atoms. The molecule has 1 N–H and O–H groups in total. The molecular formula is C20H17FN2O4S. The number of anilines is 1. The summed E-state index contributed by atoms with van der Waals surface area (Å²) in [5.74, 6) is -0.688. The first kappa shape index (κ1) is 19.5. The summed E-state index contributed by atoms with van der Waals surface area (Å²) < 4.78 is 22.9. The molecule has 1 amide bonds. The quantitative estimate of drug-likeness (QED) is 0.612. The van der Waals surface area contributed by atoms with Crippen molar-refractivity contribution in [2.24, 2.45) is 0 Å². The number of ether oxygens (including phenoxy) is 2. The molecule has 2 aromatic carbocycles. The lowest BCUT2D eigenvalue weighted by atomic mass is 10.1. The van der Waals surface area contributed by atoms with E-state index in [1.807, 2.05) is 29.6 Å². The van der Waals surface area contributed by atoms with Gasteiger partial charge in [0, 0.05) is 10.9 Å². The molecule has 0 saturated carbocycles. The summed E-state index contributed by atoms with van der Waals surface area (Å²) in [7, 11) is 1.60. The number of halogens is 1. The van der Waals surface area contributed by atoms with E-state index in [-0.39, 0.29) is 12.2 Å². The van der Waals surface area contributed by atoms with Crippen molar-refractivity contribution in [1.29, 1.82) is 0 Å². The highest BCUT2D eigenvalue weighted by Crippen LogP contribution is 2.26. The Labute approximate surface area is 164 Å². The highest BCUT2D eigenvalue weighted by Gasteiger charge is 2.11. The summed E-state index contributed by atoms with van der Waals surface area (Å²) in [6.45, 7) is -0.419. The Morgan fingerprint density at radius 2 is 1.82 bits per heavy atom. The average Bonchev–Trinajstić information content (AvgIpc) is 3.16. The molecule has 0 radical (unpaired) electrons. The Kier molecular flexibility index (Phi) is 6.33. The summed E-state index contributed by atoms with van der Waals surface area (Å²) >= 11 is 1.27. The molecule has 0 aliphatic heterocycles. The number of hydrogen-bond donors (Lipinski definition) is 1. The topological polar surface area (TPSA) is 77.5 Å². The number of carbonyl (C=O) groups excluding carboxylic acids is 2. The number of aromatic nitrogens is 1. The van der Waals surface area contributed by atoms with Crippen LogP contribution in [-0.2, 0) is 20.7 Å². The molecule has 0 aliphatic carbocycles. The van der Waals surface area contributed by atoms with Crippen molar-refractivity contribution in [2.45, 2.75) is 6.42 Å². The fraction of sp³-hybridized carbons (Fsp3) is 0.150. The molecule has 6 nitrogen and oxygen atoms in total. The number of carbonyl (C=O) groups is 2. The van der Waals surface area contributed by atoms with E-state index < -0.39 is 18.5 Å². The SMILES string of the molecule is COc1ccc(-c2csc(NC(=O)COC(=O)Cc3ccc(F)cc3)n2)cc1. The largest absolute Gasteiger partial charge is 0.497 e. The van der Waals surface area contributed by atoms with Crippen LogP contribution in [0.4, 0.5) is 9.52 Å². The monoisotopic (exact) mass is 400 g/mol. The van der Waals surface area contributed by atoms with E-state index in [0.717, 1.165) is 17.0 Å². The first-order valence-electron chi connectivity index (χ1n) is 8.33. The van der Waals surface area contributed by atoms with Gasteiger partial charge in [0.25, 0.3) is 5.91 Å². The third-order valence-electron chi connectivity index (χ3n) is 3.76. The maximum atomic E-state index is 12.8. The van der Waals surface area contributed by atoms with E-state index in [9.17, 15) is 14.0 Å². The highest BCUT2D eigenvalue weighted by atomic mass is 32.1. The lowest BCUT2D eigenvalue weighted by Gasteiger charge is -2.05. The van der Waals surface area contributed by atoms with Crippen LogP contribution in [0.15, 0.2) is 53.9 Å². The number of methoxy groups -OCH3 is 1. The minimum absolute atomic E-state index is 0.0353.